The molecule has 0 aromatic carbocycles. The Labute approximate surface area is 144 Å². The molecule has 0 saturated carbocycles. The van der Waals surface area contributed by atoms with E-state index in [2.05, 4.69) is 4.98 Å². The summed E-state index contributed by atoms with van der Waals surface area (Å²) in [6.07, 6.45) is 4.16. The van der Waals surface area contributed by atoms with Crippen molar-refractivity contribution in [1.29, 1.82) is 0 Å². The minimum Gasteiger partial charge on any atom is -0.495 e. The molecule has 1 amide bonds. The fourth-order valence-corrected chi connectivity index (χ4v) is 3.29. The van der Waals surface area contributed by atoms with Crippen LogP contribution in [0.1, 0.15) is 25.3 Å². The number of hydrogen-bond acceptors (Lipinski definition) is 5. The van der Waals surface area contributed by atoms with Crippen LogP contribution in [0.5, 0.6) is 5.75 Å². The van der Waals surface area contributed by atoms with Gasteiger partial charge in [-0.2, -0.15) is 0 Å². The van der Waals surface area contributed by atoms with Gasteiger partial charge in [-0.1, -0.05) is 6.92 Å². The summed E-state index contributed by atoms with van der Waals surface area (Å²) in [5, 5.41) is 0.234. The summed E-state index contributed by atoms with van der Waals surface area (Å²) < 4.78 is 7.69. The van der Waals surface area contributed by atoms with Gasteiger partial charge in [-0.25, -0.2) is 14.3 Å². The molecule has 0 bridgehead atoms. The number of carbonyl (C=O) groups excluding carboxylic acids is 1. The highest BCUT2D eigenvalue weighted by atomic mass is 16.5. The zero-order valence-electron chi connectivity index (χ0n) is 14.7. The summed E-state index contributed by atoms with van der Waals surface area (Å²) in [5.74, 6) is 0.199. The molecule has 2 aromatic heterocycles. The SMILES string of the molecule is CCc1cnc2c(c1OC)c(=O)n(CC(=O)N1CCCC1)c(=O)n2C. The van der Waals surface area contributed by atoms with Gasteiger partial charge in [-0.15, -0.1) is 0 Å². The zero-order chi connectivity index (χ0) is 18.1. The van der Waals surface area contributed by atoms with E-state index in [0.29, 0.717) is 25.3 Å². The minimum atomic E-state index is -0.552. The number of carbonyl (C=O) groups is 1. The van der Waals surface area contributed by atoms with E-state index >= 15 is 0 Å². The Morgan fingerprint density at radius 1 is 1.28 bits per heavy atom. The summed E-state index contributed by atoms with van der Waals surface area (Å²) in [6.45, 7) is 3.02. The summed E-state index contributed by atoms with van der Waals surface area (Å²) in [6, 6.07) is 0. The topological polar surface area (TPSA) is 86.4 Å². The normalized spacial score (nSPS) is 14.3. The molecule has 0 unspecified atom stereocenters. The number of aryl methyl sites for hydroxylation is 2. The van der Waals surface area contributed by atoms with E-state index in [1.54, 1.807) is 18.1 Å². The molecule has 0 aliphatic carbocycles. The van der Waals surface area contributed by atoms with Crippen LogP contribution in [0.2, 0.25) is 0 Å². The van der Waals surface area contributed by atoms with Crippen LogP contribution in [0.25, 0.3) is 11.0 Å². The van der Waals surface area contributed by atoms with Gasteiger partial charge in [0.25, 0.3) is 5.56 Å². The minimum absolute atomic E-state index is 0.213. The van der Waals surface area contributed by atoms with Crippen molar-refractivity contribution in [3.63, 3.8) is 0 Å². The lowest BCUT2D eigenvalue weighted by atomic mass is 10.1. The van der Waals surface area contributed by atoms with Crippen LogP contribution < -0.4 is 16.0 Å². The summed E-state index contributed by atoms with van der Waals surface area (Å²) in [4.78, 5) is 43.9. The highest BCUT2D eigenvalue weighted by Gasteiger charge is 2.23. The number of rotatable bonds is 4. The van der Waals surface area contributed by atoms with E-state index in [4.69, 9.17) is 4.74 Å². The Morgan fingerprint density at radius 2 is 1.96 bits per heavy atom. The molecule has 8 nitrogen and oxygen atoms in total. The predicted octanol–water partition coefficient (Wildman–Crippen LogP) is 0.289. The van der Waals surface area contributed by atoms with Gasteiger partial charge in [0, 0.05) is 31.9 Å². The molecule has 3 heterocycles. The predicted molar refractivity (Wildman–Crippen MR) is 93.0 cm³/mol. The molecule has 0 spiro atoms. The summed E-state index contributed by atoms with van der Waals surface area (Å²) >= 11 is 0. The first-order valence-electron chi connectivity index (χ1n) is 8.42. The molecule has 0 radical (unpaired) electrons. The van der Waals surface area contributed by atoms with E-state index < -0.39 is 11.2 Å². The molecule has 8 heteroatoms. The molecule has 1 aliphatic heterocycles. The third-order valence-electron chi connectivity index (χ3n) is 4.72. The molecule has 134 valence electrons. The Bertz CT molecular complexity index is 938. The highest BCUT2D eigenvalue weighted by molar-refractivity contribution is 5.83. The van der Waals surface area contributed by atoms with Gasteiger partial charge in [0.15, 0.2) is 5.65 Å². The van der Waals surface area contributed by atoms with Crippen LogP contribution in [0.4, 0.5) is 0 Å². The van der Waals surface area contributed by atoms with Crippen LogP contribution in [0, 0.1) is 0 Å². The van der Waals surface area contributed by atoms with E-state index in [1.165, 1.54) is 11.7 Å². The van der Waals surface area contributed by atoms with Crippen molar-refractivity contribution in [2.45, 2.75) is 32.7 Å². The molecule has 0 N–H and O–H groups in total. The second kappa shape index (κ2) is 6.70. The summed E-state index contributed by atoms with van der Waals surface area (Å²) in [7, 11) is 3.03. The molecule has 1 aliphatic rings. The Kier molecular flexibility index (Phi) is 4.61. The van der Waals surface area contributed by atoms with Crippen LogP contribution in [-0.2, 0) is 24.8 Å². The maximum atomic E-state index is 13.0. The largest absolute Gasteiger partial charge is 0.495 e. The van der Waals surface area contributed by atoms with Crippen molar-refractivity contribution in [1.82, 2.24) is 19.0 Å². The number of amides is 1. The second-order valence-corrected chi connectivity index (χ2v) is 6.19. The fourth-order valence-electron chi connectivity index (χ4n) is 3.29. The number of pyridine rings is 1. The first-order chi connectivity index (χ1) is 12.0. The standard InChI is InChI=1S/C17H22N4O4/c1-4-11-9-18-15-13(14(11)25-3)16(23)21(17(24)19(15)2)10-12(22)20-7-5-6-8-20/h9H,4-8,10H2,1-3H3. The number of aromatic nitrogens is 3. The number of ether oxygens (including phenoxy) is 1. The number of fused-ring (bicyclic) bond motifs is 1. The fraction of sp³-hybridized carbons (Fsp3) is 0.529. The highest BCUT2D eigenvalue weighted by Crippen LogP contribution is 2.25. The number of likely N-dealkylation sites (tertiary alicyclic amines) is 1. The third kappa shape index (κ3) is 2.81. The Hall–Kier alpha value is -2.64. The molecular weight excluding hydrogens is 324 g/mol. The Balaban J connectivity index is 2.20. The average molecular weight is 346 g/mol. The van der Waals surface area contributed by atoms with Crippen LogP contribution in [-0.4, -0.2) is 45.1 Å². The molecule has 1 fully saturated rings. The molecule has 0 atom stereocenters. The van der Waals surface area contributed by atoms with Crippen molar-refractivity contribution in [2.24, 2.45) is 7.05 Å². The van der Waals surface area contributed by atoms with Gasteiger partial charge in [-0.3, -0.25) is 14.2 Å². The number of methoxy groups -OCH3 is 1. The van der Waals surface area contributed by atoms with Crippen LogP contribution in [0.3, 0.4) is 0 Å². The van der Waals surface area contributed by atoms with E-state index in [-0.39, 0.29) is 23.5 Å². The van der Waals surface area contributed by atoms with Gasteiger partial charge in [0.2, 0.25) is 5.91 Å². The molecule has 2 aromatic rings. The quantitative estimate of drug-likeness (QED) is 0.794. The third-order valence-corrected chi connectivity index (χ3v) is 4.72. The zero-order valence-corrected chi connectivity index (χ0v) is 14.7. The lowest BCUT2D eigenvalue weighted by molar-refractivity contribution is -0.130. The Morgan fingerprint density at radius 3 is 2.56 bits per heavy atom. The molecule has 1 saturated heterocycles. The van der Waals surface area contributed by atoms with Crippen LogP contribution in [0.15, 0.2) is 15.8 Å². The monoisotopic (exact) mass is 346 g/mol. The average Bonchev–Trinajstić information content (AvgIpc) is 3.16. The van der Waals surface area contributed by atoms with Crippen molar-refractivity contribution < 1.29 is 9.53 Å². The van der Waals surface area contributed by atoms with E-state index in [9.17, 15) is 14.4 Å². The van der Waals surface area contributed by atoms with Crippen molar-refractivity contribution >= 4 is 16.9 Å². The van der Waals surface area contributed by atoms with Crippen molar-refractivity contribution in [2.75, 3.05) is 20.2 Å². The van der Waals surface area contributed by atoms with Crippen molar-refractivity contribution in [3.05, 3.63) is 32.6 Å². The van der Waals surface area contributed by atoms with Gasteiger partial charge >= 0.3 is 5.69 Å². The maximum absolute atomic E-state index is 13.0. The number of nitrogens with zero attached hydrogens (tertiary/aromatic N) is 4. The summed E-state index contributed by atoms with van der Waals surface area (Å²) in [5.41, 5.74) is -0.0498. The van der Waals surface area contributed by atoms with Gasteiger partial charge in [0.1, 0.15) is 17.7 Å². The van der Waals surface area contributed by atoms with E-state index in [0.717, 1.165) is 23.0 Å². The smallest absolute Gasteiger partial charge is 0.332 e. The lowest BCUT2D eigenvalue weighted by Crippen LogP contribution is -2.44. The maximum Gasteiger partial charge on any atom is 0.332 e. The molecular formula is C17H22N4O4. The van der Waals surface area contributed by atoms with Gasteiger partial charge < -0.3 is 9.64 Å². The van der Waals surface area contributed by atoms with E-state index in [1.807, 2.05) is 6.92 Å². The first-order valence-corrected chi connectivity index (χ1v) is 8.42. The van der Waals surface area contributed by atoms with Gasteiger partial charge in [0.05, 0.1) is 7.11 Å². The van der Waals surface area contributed by atoms with Crippen molar-refractivity contribution in [3.8, 4) is 5.75 Å². The van der Waals surface area contributed by atoms with Crippen LogP contribution >= 0.6 is 0 Å². The molecule has 3 rings (SSSR count). The lowest BCUT2D eigenvalue weighted by Gasteiger charge is -2.17. The first kappa shape index (κ1) is 17.2. The number of hydrogen-bond donors (Lipinski definition) is 0. The molecule has 25 heavy (non-hydrogen) atoms. The second-order valence-electron chi connectivity index (χ2n) is 6.19. The van der Waals surface area contributed by atoms with Gasteiger partial charge in [-0.05, 0) is 19.3 Å².